The maximum atomic E-state index is 13.4. The van der Waals surface area contributed by atoms with Crippen LogP contribution in [0.25, 0.3) is 0 Å². The number of benzene rings is 3. The molecule has 0 spiro atoms. The Morgan fingerprint density at radius 1 is 0.969 bits per heavy atom. The number of aryl methyl sites for hydroxylation is 1. The number of rotatable bonds is 9. The van der Waals surface area contributed by atoms with Crippen molar-refractivity contribution in [3.63, 3.8) is 0 Å². The van der Waals surface area contributed by atoms with Gasteiger partial charge >= 0.3 is 0 Å². The first-order valence-electron chi connectivity index (χ1n) is 10.3. The molecule has 0 saturated carbocycles. The number of hydrogen-bond acceptors (Lipinski definition) is 4. The summed E-state index contributed by atoms with van der Waals surface area (Å²) in [6, 6.07) is 22.9. The number of nitrogens with one attached hydrogen (secondary N) is 1. The molecule has 0 aromatic heterocycles. The van der Waals surface area contributed by atoms with E-state index in [2.05, 4.69) is 4.72 Å². The Morgan fingerprint density at radius 3 is 2.16 bits per heavy atom. The predicted octanol–water partition coefficient (Wildman–Crippen LogP) is 3.55. The van der Waals surface area contributed by atoms with Crippen LogP contribution in [0.15, 0.2) is 83.8 Å². The standard InChI is InChI=1S/C25H28N2O4S/c1-19-14-15-23(31-3)24(16-19)32(29,30)26-22(17-20-10-6-4-7-11-20)25(28)27(2)18-21-12-8-5-9-13-21/h4-16,22,26H,17-18H2,1-3H3/t22-/m1/s1. The molecule has 0 aliphatic rings. The van der Waals surface area contributed by atoms with Gasteiger partial charge in [0.25, 0.3) is 0 Å². The highest BCUT2D eigenvalue weighted by atomic mass is 32.2. The van der Waals surface area contributed by atoms with Crippen molar-refractivity contribution in [1.29, 1.82) is 0 Å². The summed E-state index contributed by atoms with van der Waals surface area (Å²) >= 11 is 0. The third-order valence-corrected chi connectivity index (χ3v) is 6.62. The summed E-state index contributed by atoms with van der Waals surface area (Å²) in [5.41, 5.74) is 2.60. The van der Waals surface area contributed by atoms with Gasteiger partial charge in [0.2, 0.25) is 15.9 Å². The Balaban J connectivity index is 1.90. The van der Waals surface area contributed by atoms with Crippen molar-refractivity contribution < 1.29 is 17.9 Å². The predicted molar refractivity (Wildman–Crippen MR) is 125 cm³/mol. The topological polar surface area (TPSA) is 75.7 Å². The summed E-state index contributed by atoms with van der Waals surface area (Å²) in [5.74, 6) is -0.0837. The van der Waals surface area contributed by atoms with Crippen LogP contribution < -0.4 is 9.46 Å². The lowest BCUT2D eigenvalue weighted by atomic mass is 10.1. The fourth-order valence-corrected chi connectivity index (χ4v) is 4.92. The van der Waals surface area contributed by atoms with Crippen LogP contribution in [0.2, 0.25) is 0 Å². The summed E-state index contributed by atoms with van der Waals surface area (Å²) in [6.45, 7) is 2.18. The lowest BCUT2D eigenvalue weighted by molar-refractivity contribution is -0.132. The normalized spacial score (nSPS) is 12.2. The molecule has 0 radical (unpaired) electrons. The summed E-state index contributed by atoms with van der Waals surface area (Å²) < 4.78 is 34.5. The minimum atomic E-state index is -4.02. The number of methoxy groups -OCH3 is 1. The molecule has 1 atom stereocenters. The molecule has 0 saturated heterocycles. The number of nitrogens with zero attached hydrogens (tertiary/aromatic N) is 1. The molecule has 1 amide bonds. The van der Waals surface area contributed by atoms with E-state index in [-0.39, 0.29) is 23.0 Å². The van der Waals surface area contributed by atoms with E-state index in [4.69, 9.17) is 4.74 Å². The molecule has 3 aromatic carbocycles. The molecular weight excluding hydrogens is 424 g/mol. The molecule has 3 aromatic rings. The zero-order chi connectivity index (χ0) is 23.1. The van der Waals surface area contributed by atoms with E-state index >= 15 is 0 Å². The van der Waals surface area contributed by atoms with Gasteiger partial charge in [0.1, 0.15) is 16.7 Å². The minimum absolute atomic E-state index is 0.0107. The first-order chi connectivity index (χ1) is 15.3. The fourth-order valence-electron chi connectivity index (χ4n) is 3.48. The number of amides is 1. The van der Waals surface area contributed by atoms with E-state index in [0.717, 1.165) is 16.7 Å². The highest BCUT2D eigenvalue weighted by Crippen LogP contribution is 2.25. The quantitative estimate of drug-likeness (QED) is 0.539. The summed E-state index contributed by atoms with van der Waals surface area (Å²) in [4.78, 5) is 14.9. The Morgan fingerprint density at radius 2 is 1.56 bits per heavy atom. The lowest BCUT2D eigenvalue weighted by Gasteiger charge is -2.25. The minimum Gasteiger partial charge on any atom is -0.495 e. The van der Waals surface area contributed by atoms with Crippen LogP contribution in [-0.2, 0) is 27.8 Å². The molecule has 32 heavy (non-hydrogen) atoms. The van der Waals surface area contributed by atoms with Gasteiger partial charge in [-0.05, 0) is 42.2 Å². The van der Waals surface area contributed by atoms with E-state index in [0.29, 0.717) is 6.54 Å². The average molecular weight is 453 g/mol. The number of likely N-dealkylation sites (N-methyl/N-ethyl adjacent to an activating group) is 1. The van der Waals surface area contributed by atoms with Crippen LogP contribution in [0.4, 0.5) is 0 Å². The molecule has 0 heterocycles. The molecule has 0 bridgehead atoms. The second-order valence-corrected chi connectivity index (χ2v) is 9.38. The lowest BCUT2D eigenvalue weighted by Crippen LogP contribution is -2.48. The van der Waals surface area contributed by atoms with Gasteiger partial charge in [-0.2, -0.15) is 4.72 Å². The molecule has 0 fully saturated rings. The maximum Gasteiger partial charge on any atom is 0.244 e. The Hall–Kier alpha value is -3.16. The monoisotopic (exact) mass is 452 g/mol. The van der Waals surface area contributed by atoms with Crippen LogP contribution in [0.5, 0.6) is 5.75 Å². The van der Waals surface area contributed by atoms with Crippen molar-refractivity contribution in [2.24, 2.45) is 0 Å². The average Bonchev–Trinajstić information content (AvgIpc) is 2.79. The zero-order valence-electron chi connectivity index (χ0n) is 18.5. The molecule has 6 nitrogen and oxygen atoms in total. The highest BCUT2D eigenvalue weighted by Gasteiger charge is 2.30. The van der Waals surface area contributed by atoms with Gasteiger partial charge in [0, 0.05) is 13.6 Å². The molecule has 0 unspecified atom stereocenters. The van der Waals surface area contributed by atoms with Gasteiger partial charge < -0.3 is 9.64 Å². The van der Waals surface area contributed by atoms with Gasteiger partial charge in [-0.1, -0.05) is 66.7 Å². The molecule has 3 rings (SSSR count). The Bertz CT molecular complexity index is 1150. The van der Waals surface area contributed by atoms with Crippen LogP contribution in [-0.4, -0.2) is 39.4 Å². The second-order valence-electron chi connectivity index (χ2n) is 7.70. The van der Waals surface area contributed by atoms with Crippen molar-refractivity contribution in [1.82, 2.24) is 9.62 Å². The van der Waals surface area contributed by atoms with Gasteiger partial charge in [-0.15, -0.1) is 0 Å². The smallest absolute Gasteiger partial charge is 0.244 e. The van der Waals surface area contributed by atoms with Crippen molar-refractivity contribution in [2.45, 2.75) is 30.8 Å². The van der Waals surface area contributed by atoms with E-state index in [1.807, 2.05) is 60.7 Å². The molecular formula is C25H28N2O4S. The maximum absolute atomic E-state index is 13.4. The van der Waals surface area contributed by atoms with E-state index in [9.17, 15) is 13.2 Å². The van der Waals surface area contributed by atoms with Crippen LogP contribution >= 0.6 is 0 Å². The SMILES string of the molecule is COc1ccc(C)cc1S(=O)(=O)N[C@H](Cc1ccccc1)C(=O)N(C)Cc1ccccc1. The molecule has 7 heteroatoms. The summed E-state index contributed by atoms with van der Waals surface area (Å²) in [7, 11) is -0.923. The largest absolute Gasteiger partial charge is 0.495 e. The zero-order valence-corrected chi connectivity index (χ0v) is 19.3. The highest BCUT2D eigenvalue weighted by molar-refractivity contribution is 7.89. The third kappa shape index (κ3) is 5.96. The third-order valence-electron chi connectivity index (χ3n) is 5.13. The number of carbonyl (C=O) groups is 1. The van der Waals surface area contributed by atoms with Gasteiger partial charge in [0.15, 0.2) is 0 Å². The van der Waals surface area contributed by atoms with Crippen molar-refractivity contribution in [3.8, 4) is 5.75 Å². The number of sulfonamides is 1. The fraction of sp³-hybridized carbons (Fsp3) is 0.240. The van der Waals surface area contributed by atoms with E-state index in [1.54, 1.807) is 37.1 Å². The van der Waals surface area contributed by atoms with Crippen LogP contribution in [0, 0.1) is 6.92 Å². The van der Waals surface area contributed by atoms with Gasteiger partial charge in [-0.3, -0.25) is 4.79 Å². The van der Waals surface area contributed by atoms with E-state index < -0.39 is 16.1 Å². The molecule has 0 aliphatic heterocycles. The Kier molecular flexibility index (Phi) is 7.66. The summed E-state index contributed by atoms with van der Waals surface area (Å²) in [6.07, 6.45) is 0.228. The first-order valence-corrected chi connectivity index (χ1v) is 11.8. The molecule has 0 aliphatic carbocycles. The van der Waals surface area contributed by atoms with Crippen LogP contribution in [0.3, 0.4) is 0 Å². The number of hydrogen-bond donors (Lipinski definition) is 1. The number of ether oxygens (including phenoxy) is 1. The number of carbonyl (C=O) groups excluding carboxylic acids is 1. The van der Waals surface area contributed by atoms with Crippen molar-refractivity contribution in [2.75, 3.05) is 14.2 Å². The van der Waals surface area contributed by atoms with E-state index in [1.165, 1.54) is 7.11 Å². The second kappa shape index (κ2) is 10.4. The van der Waals surface area contributed by atoms with Gasteiger partial charge in [0.05, 0.1) is 7.11 Å². The van der Waals surface area contributed by atoms with Crippen LogP contribution in [0.1, 0.15) is 16.7 Å². The first kappa shape index (κ1) is 23.5. The van der Waals surface area contributed by atoms with Crippen molar-refractivity contribution in [3.05, 3.63) is 95.6 Å². The molecule has 168 valence electrons. The Labute approximate surface area is 189 Å². The van der Waals surface area contributed by atoms with Gasteiger partial charge in [-0.25, -0.2) is 8.42 Å². The summed E-state index contributed by atoms with van der Waals surface area (Å²) in [5, 5.41) is 0. The molecule has 1 N–H and O–H groups in total. The van der Waals surface area contributed by atoms with Crippen molar-refractivity contribution >= 4 is 15.9 Å².